The molecule has 0 aliphatic carbocycles. The number of hydrogen-bond acceptors (Lipinski definition) is 5. The van der Waals surface area contributed by atoms with Crippen molar-refractivity contribution >= 4 is 5.96 Å². The van der Waals surface area contributed by atoms with Crippen LogP contribution in [0.4, 0.5) is 0 Å². The summed E-state index contributed by atoms with van der Waals surface area (Å²) in [5.74, 6) is 3.01. The summed E-state index contributed by atoms with van der Waals surface area (Å²) >= 11 is 0. The molecule has 0 saturated carbocycles. The van der Waals surface area contributed by atoms with Crippen LogP contribution in [0.25, 0.3) is 0 Å². The van der Waals surface area contributed by atoms with E-state index in [0.717, 1.165) is 81.8 Å². The van der Waals surface area contributed by atoms with Crippen LogP contribution in [-0.4, -0.2) is 72.1 Å². The zero-order valence-corrected chi connectivity index (χ0v) is 18.6. The molecule has 7 nitrogen and oxygen atoms in total. The van der Waals surface area contributed by atoms with Gasteiger partial charge in [0.15, 0.2) is 17.5 Å². The number of nitrogens with zero attached hydrogens (tertiary/aromatic N) is 2. The number of ether oxygens (including phenoxy) is 4. The lowest BCUT2D eigenvalue weighted by Crippen LogP contribution is -2.39. The molecule has 0 amide bonds. The molecule has 1 heterocycles. The average Bonchev–Trinajstić information content (AvgIpc) is 2.74. The van der Waals surface area contributed by atoms with Gasteiger partial charge in [-0.05, 0) is 55.4 Å². The van der Waals surface area contributed by atoms with E-state index in [1.54, 1.807) is 14.2 Å². The molecule has 1 aromatic carbocycles. The smallest absolute Gasteiger partial charge is 0.193 e. The Morgan fingerprint density at radius 1 is 1.21 bits per heavy atom. The van der Waals surface area contributed by atoms with E-state index < -0.39 is 0 Å². The van der Waals surface area contributed by atoms with Crippen molar-refractivity contribution in [1.29, 1.82) is 0 Å². The standard InChI is InChI=1S/C22H37N3O4/c1-17-13-20(26-4)21(27-5)14-19(17)15-25(3)22(23-2)24-9-6-10-29-16-18-7-11-28-12-8-18/h13-14,18H,6-12,15-16H2,1-5H3,(H,23,24). The Morgan fingerprint density at radius 2 is 1.90 bits per heavy atom. The Hall–Kier alpha value is -1.99. The monoisotopic (exact) mass is 407 g/mol. The van der Waals surface area contributed by atoms with Gasteiger partial charge < -0.3 is 29.2 Å². The van der Waals surface area contributed by atoms with Crippen molar-refractivity contribution < 1.29 is 18.9 Å². The first kappa shape index (κ1) is 23.3. The number of aliphatic imine (C=N–C) groups is 1. The number of benzene rings is 1. The van der Waals surface area contributed by atoms with Gasteiger partial charge in [-0.15, -0.1) is 0 Å². The predicted octanol–water partition coefficient (Wildman–Crippen LogP) is 2.85. The molecule has 2 rings (SSSR count). The van der Waals surface area contributed by atoms with Gasteiger partial charge in [0.1, 0.15) is 0 Å². The average molecular weight is 408 g/mol. The third kappa shape index (κ3) is 7.40. The number of methoxy groups -OCH3 is 2. The van der Waals surface area contributed by atoms with Gasteiger partial charge in [-0.2, -0.15) is 0 Å². The highest BCUT2D eigenvalue weighted by Gasteiger charge is 2.14. The Morgan fingerprint density at radius 3 is 2.55 bits per heavy atom. The van der Waals surface area contributed by atoms with Crippen LogP contribution in [0, 0.1) is 12.8 Å². The van der Waals surface area contributed by atoms with Gasteiger partial charge in [0.25, 0.3) is 0 Å². The van der Waals surface area contributed by atoms with Crippen LogP contribution in [0.3, 0.4) is 0 Å². The van der Waals surface area contributed by atoms with E-state index in [1.165, 1.54) is 5.56 Å². The maximum atomic E-state index is 5.83. The lowest BCUT2D eigenvalue weighted by Gasteiger charge is -2.24. The van der Waals surface area contributed by atoms with Gasteiger partial charge in [-0.3, -0.25) is 4.99 Å². The van der Waals surface area contributed by atoms with Crippen LogP contribution in [0.15, 0.2) is 17.1 Å². The van der Waals surface area contributed by atoms with E-state index in [0.29, 0.717) is 5.92 Å². The molecule has 7 heteroatoms. The summed E-state index contributed by atoms with van der Waals surface area (Å²) in [6, 6.07) is 4.04. The van der Waals surface area contributed by atoms with Crippen LogP contribution in [-0.2, 0) is 16.0 Å². The third-order valence-corrected chi connectivity index (χ3v) is 5.27. The molecule has 0 unspecified atom stereocenters. The lowest BCUT2D eigenvalue weighted by molar-refractivity contribution is 0.0203. The number of rotatable bonds is 10. The highest BCUT2D eigenvalue weighted by molar-refractivity contribution is 5.79. The Balaban J connectivity index is 1.75. The molecule has 29 heavy (non-hydrogen) atoms. The molecule has 1 saturated heterocycles. The first-order chi connectivity index (χ1) is 14.1. The van der Waals surface area contributed by atoms with Gasteiger partial charge in [-0.1, -0.05) is 0 Å². The van der Waals surface area contributed by atoms with Gasteiger partial charge in [-0.25, -0.2) is 0 Å². The summed E-state index contributed by atoms with van der Waals surface area (Å²) in [6.07, 6.45) is 3.18. The molecule has 1 N–H and O–H groups in total. The van der Waals surface area contributed by atoms with E-state index in [-0.39, 0.29) is 0 Å². The van der Waals surface area contributed by atoms with Crippen LogP contribution in [0.1, 0.15) is 30.4 Å². The van der Waals surface area contributed by atoms with Gasteiger partial charge in [0.05, 0.1) is 14.2 Å². The summed E-state index contributed by atoms with van der Waals surface area (Å²) in [7, 11) is 7.16. The molecule has 164 valence electrons. The minimum atomic E-state index is 0.653. The normalized spacial score (nSPS) is 15.3. The summed E-state index contributed by atoms with van der Waals surface area (Å²) in [5, 5.41) is 3.42. The molecule has 1 aliphatic heterocycles. The highest BCUT2D eigenvalue weighted by atomic mass is 16.5. The zero-order chi connectivity index (χ0) is 21.1. The minimum absolute atomic E-state index is 0.653. The topological polar surface area (TPSA) is 64.6 Å². The van der Waals surface area contributed by atoms with Crippen molar-refractivity contribution in [3.63, 3.8) is 0 Å². The van der Waals surface area contributed by atoms with Crippen molar-refractivity contribution in [1.82, 2.24) is 10.2 Å². The predicted molar refractivity (Wildman–Crippen MR) is 116 cm³/mol. The molecule has 0 bridgehead atoms. The van der Waals surface area contributed by atoms with Crippen LogP contribution in [0.5, 0.6) is 11.5 Å². The Labute approximate surface area is 175 Å². The van der Waals surface area contributed by atoms with Crippen molar-refractivity contribution in [3.8, 4) is 11.5 Å². The molecule has 0 radical (unpaired) electrons. The summed E-state index contributed by atoms with van der Waals surface area (Å²) in [4.78, 5) is 6.51. The molecular formula is C22H37N3O4. The molecule has 0 atom stereocenters. The van der Waals surface area contributed by atoms with E-state index in [9.17, 15) is 0 Å². The van der Waals surface area contributed by atoms with E-state index in [4.69, 9.17) is 18.9 Å². The lowest BCUT2D eigenvalue weighted by atomic mass is 10.0. The summed E-state index contributed by atoms with van der Waals surface area (Å²) < 4.78 is 22.0. The second-order valence-corrected chi connectivity index (χ2v) is 7.45. The fourth-order valence-corrected chi connectivity index (χ4v) is 3.45. The minimum Gasteiger partial charge on any atom is -0.493 e. The largest absolute Gasteiger partial charge is 0.493 e. The van der Waals surface area contributed by atoms with E-state index in [1.807, 2.05) is 26.2 Å². The number of nitrogens with one attached hydrogen (secondary N) is 1. The first-order valence-electron chi connectivity index (χ1n) is 10.4. The molecule has 1 fully saturated rings. The Kier molecular flexibility index (Phi) is 10.1. The van der Waals surface area contributed by atoms with Gasteiger partial charge in [0.2, 0.25) is 0 Å². The maximum Gasteiger partial charge on any atom is 0.193 e. The number of guanidine groups is 1. The van der Waals surface area contributed by atoms with Gasteiger partial charge >= 0.3 is 0 Å². The van der Waals surface area contributed by atoms with E-state index in [2.05, 4.69) is 22.1 Å². The molecule has 1 aliphatic rings. The third-order valence-electron chi connectivity index (χ3n) is 5.27. The maximum absolute atomic E-state index is 5.83. The second kappa shape index (κ2) is 12.5. The molecular weight excluding hydrogens is 370 g/mol. The number of hydrogen-bond donors (Lipinski definition) is 1. The molecule has 0 spiro atoms. The van der Waals surface area contributed by atoms with Gasteiger partial charge in [0, 0.05) is 53.6 Å². The highest BCUT2D eigenvalue weighted by Crippen LogP contribution is 2.30. The SMILES string of the molecule is CN=C(NCCCOCC1CCOCC1)N(C)Cc1cc(OC)c(OC)cc1C. The zero-order valence-electron chi connectivity index (χ0n) is 18.6. The second-order valence-electron chi connectivity index (χ2n) is 7.45. The Bertz CT molecular complexity index is 645. The summed E-state index contributed by atoms with van der Waals surface area (Å²) in [5.41, 5.74) is 2.33. The van der Waals surface area contributed by atoms with Crippen molar-refractivity contribution in [2.75, 3.05) is 61.3 Å². The van der Waals surface area contributed by atoms with E-state index >= 15 is 0 Å². The molecule has 0 aromatic heterocycles. The van der Waals surface area contributed by atoms with Crippen molar-refractivity contribution in [2.45, 2.75) is 32.7 Å². The van der Waals surface area contributed by atoms with Crippen molar-refractivity contribution in [2.24, 2.45) is 10.9 Å². The fraction of sp³-hybridized carbons (Fsp3) is 0.682. The molecule has 1 aromatic rings. The van der Waals surface area contributed by atoms with Crippen LogP contribution in [0.2, 0.25) is 0 Å². The summed E-state index contributed by atoms with van der Waals surface area (Å²) in [6.45, 7) is 6.99. The van der Waals surface area contributed by atoms with Crippen LogP contribution >= 0.6 is 0 Å². The van der Waals surface area contributed by atoms with Crippen LogP contribution < -0.4 is 14.8 Å². The first-order valence-corrected chi connectivity index (χ1v) is 10.4. The quantitative estimate of drug-likeness (QED) is 0.366. The fourth-order valence-electron chi connectivity index (χ4n) is 3.45. The van der Waals surface area contributed by atoms with Crippen molar-refractivity contribution in [3.05, 3.63) is 23.3 Å². The number of aryl methyl sites for hydroxylation is 1.